The summed E-state index contributed by atoms with van der Waals surface area (Å²) in [6.45, 7) is 3.29. The van der Waals surface area contributed by atoms with Gasteiger partial charge in [-0.25, -0.2) is 0 Å². The quantitative estimate of drug-likeness (QED) is 0.212. The van der Waals surface area contributed by atoms with Gasteiger partial charge >= 0.3 is 0 Å². The standard InChI is InChI=1S/C24H49NO6/c1-2-3-4-5-6-7-8-9-10-11-12-13-14-15-16-29-17-18-30-24-21(25)23(28)22(27)20(19-26)31-24/h20-24,26-28H,2-19,25H2,1H3/t20?,21-,22+,23?,24+/m0/s1. The second-order valence-corrected chi connectivity index (χ2v) is 8.86. The summed E-state index contributed by atoms with van der Waals surface area (Å²) in [5.74, 6) is 0. The molecule has 0 amide bonds. The fourth-order valence-electron chi connectivity index (χ4n) is 3.98. The summed E-state index contributed by atoms with van der Waals surface area (Å²) in [4.78, 5) is 0. The molecule has 1 aliphatic heterocycles. The average Bonchev–Trinajstić information content (AvgIpc) is 2.78. The maximum Gasteiger partial charge on any atom is 0.175 e. The van der Waals surface area contributed by atoms with E-state index in [4.69, 9.17) is 19.9 Å². The number of aliphatic hydroxyl groups excluding tert-OH is 3. The van der Waals surface area contributed by atoms with E-state index in [0.29, 0.717) is 13.2 Å². The first-order valence-corrected chi connectivity index (χ1v) is 12.7. The number of hydrogen-bond donors (Lipinski definition) is 4. The van der Waals surface area contributed by atoms with Gasteiger partial charge in [0.25, 0.3) is 0 Å². The number of hydrogen-bond acceptors (Lipinski definition) is 7. The Morgan fingerprint density at radius 3 is 1.74 bits per heavy atom. The molecule has 0 aliphatic carbocycles. The van der Waals surface area contributed by atoms with E-state index in [1.165, 1.54) is 83.5 Å². The lowest BCUT2D eigenvalue weighted by molar-refractivity contribution is -0.267. The maximum atomic E-state index is 9.89. The van der Waals surface area contributed by atoms with Gasteiger partial charge in [-0.15, -0.1) is 0 Å². The summed E-state index contributed by atoms with van der Waals surface area (Å²) in [5, 5.41) is 28.8. The number of aliphatic hydroxyl groups is 3. The minimum Gasteiger partial charge on any atom is -0.394 e. The number of unbranched alkanes of at least 4 members (excludes halogenated alkanes) is 13. The Bertz CT molecular complexity index is 398. The molecule has 7 nitrogen and oxygen atoms in total. The molecule has 31 heavy (non-hydrogen) atoms. The Morgan fingerprint density at radius 1 is 0.710 bits per heavy atom. The molecule has 0 bridgehead atoms. The molecule has 0 saturated carbocycles. The Hall–Kier alpha value is -0.280. The maximum absolute atomic E-state index is 9.89. The number of ether oxygens (including phenoxy) is 3. The van der Waals surface area contributed by atoms with Crippen LogP contribution in [0.5, 0.6) is 0 Å². The van der Waals surface area contributed by atoms with Gasteiger partial charge < -0.3 is 35.3 Å². The van der Waals surface area contributed by atoms with Gasteiger partial charge in [0.15, 0.2) is 6.29 Å². The lowest BCUT2D eigenvalue weighted by Crippen LogP contribution is -2.62. The summed E-state index contributed by atoms with van der Waals surface area (Å²) in [7, 11) is 0. The van der Waals surface area contributed by atoms with Crippen LogP contribution in [-0.4, -0.2) is 72.4 Å². The summed E-state index contributed by atoms with van der Waals surface area (Å²) in [6, 6.07) is -0.858. The summed E-state index contributed by atoms with van der Waals surface area (Å²) in [6.07, 6.45) is 14.6. The molecule has 0 spiro atoms. The molecule has 5 N–H and O–H groups in total. The van der Waals surface area contributed by atoms with Crippen molar-refractivity contribution in [3.05, 3.63) is 0 Å². The van der Waals surface area contributed by atoms with Crippen LogP contribution in [0.3, 0.4) is 0 Å². The Morgan fingerprint density at radius 2 is 1.23 bits per heavy atom. The molecule has 5 atom stereocenters. The monoisotopic (exact) mass is 447 g/mol. The molecule has 1 aliphatic rings. The highest BCUT2D eigenvalue weighted by Crippen LogP contribution is 2.20. The van der Waals surface area contributed by atoms with Crippen LogP contribution >= 0.6 is 0 Å². The van der Waals surface area contributed by atoms with Crippen molar-refractivity contribution >= 4 is 0 Å². The van der Waals surface area contributed by atoms with Crippen molar-refractivity contribution < 1.29 is 29.5 Å². The second kappa shape index (κ2) is 19.2. The molecule has 1 fully saturated rings. The third-order valence-corrected chi connectivity index (χ3v) is 6.08. The molecule has 1 heterocycles. The van der Waals surface area contributed by atoms with Crippen molar-refractivity contribution in [2.24, 2.45) is 5.73 Å². The van der Waals surface area contributed by atoms with Crippen molar-refractivity contribution in [2.75, 3.05) is 26.4 Å². The van der Waals surface area contributed by atoms with Gasteiger partial charge in [-0.05, 0) is 6.42 Å². The molecule has 186 valence electrons. The third-order valence-electron chi connectivity index (χ3n) is 6.08. The molecule has 0 aromatic heterocycles. The predicted octanol–water partition coefficient (Wildman–Crippen LogP) is 3.27. The first-order chi connectivity index (χ1) is 15.1. The van der Waals surface area contributed by atoms with Crippen LogP contribution in [0.4, 0.5) is 0 Å². The molecule has 1 saturated heterocycles. The van der Waals surface area contributed by atoms with E-state index in [-0.39, 0.29) is 6.61 Å². The van der Waals surface area contributed by atoms with E-state index in [1.54, 1.807) is 0 Å². The van der Waals surface area contributed by atoms with Crippen molar-refractivity contribution in [3.8, 4) is 0 Å². The van der Waals surface area contributed by atoms with E-state index < -0.39 is 37.3 Å². The van der Waals surface area contributed by atoms with Crippen LogP contribution in [0.25, 0.3) is 0 Å². The van der Waals surface area contributed by atoms with Crippen LogP contribution < -0.4 is 5.73 Å². The molecular weight excluding hydrogens is 398 g/mol. The van der Waals surface area contributed by atoms with Gasteiger partial charge in [-0.2, -0.15) is 0 Å². The van der Waals surface area contributed by atoms with Gasteiger partial charge in [0.1, 0.15) is 18.3 Å². The van der Waals surface area contributed by atoms with Gasteiger partial charge in [0.05, 0.1) is 25.9 Å². The Balaban J connectivity index is 1.84. The fourth-order valence-corrected chi connectivity index (χ4v) is 3.98. The van der Waals surface area contributed by atoms with Crippen LogP contribution in [0.15, 0.2) is 0 Å². The first-order valence-electron chi connectivity index (χ1n) is 12.7. The van der Waals surface area contributed by atoms with Gasteiger partial charge in [-0.3, -0.25) is 0 Å². The fraction of sp³-hybridized carbons (Fsp3) is 1.00. The minimum atomic E-state index is -1.21. The summed E-state index contributed by atoms with van der Waals surface area (Å²) in [5.41, 5.74) is 5.82. The van der Waals surface area contributed by atoms with Crippen molar-refractivity contribution in [2.45, 2.75) is 127 Å². The largest absolute Gasteiger partial charge is 0.394 e. The van der Waals surface area contributed by atoms with E-state index in [1.807, 2.05) is 0 Å². The van der Waals surface area contributed by atoms with Crippen molar-refractivity contribution in [1.82, 2.24) is 0 Å². The molecule has 1 rings (SSSR count). The Kier molecular flexibility index (Phi) is 17.8. The van der Waals surface area contributed by atoms with Gasteiger partial charge in [0, 0.05) is 6.61 Å². The van der Waals surface area contributed by atoms with Crippen LogP contribution in [0, 0.1) is 0 Å². The highest BCUT2D eigenvalue weighted by Gasteiger charge is 2.42. The highest BCUT2D eigenvalue weighted by atomic mass is 16.7. The van der Waals surface area contributed by atoms with E-state index in [9.17, 15) is 15.3 Å². The van der Waals surface area contributed by atoms with Crippen LogP contribution in [0.2, 0.25) is 0 Å². The van der Waals surface area contributed by atoms with Gasteiger partial charge in [0.2, 0.25) is 0 Å². The molecule has 2 unspecified atom stereocenters. The lowest BCUT2D eigenvalue weighted by atomic mass is 9.98. The summed E-state index contributed by atoms with van der Waals surface area (Å²) < 4.78 is 16.5. The van der Waals surface area contributed by atoms with Crippen LogP contribution in [-0.2, 0) is 14.2 Å². The zero-order valence-corrected chi connectivity index (χ0v) is 19.8. The molecule has 7 heteroatoms. The smallest absolute Gasteiger partial charge is 0.175 e. The molecule has 0 aromatic rings. The van der Waals surface area contributed by atoms with E-state index >= 15 is 0 Å². The molecule has 0 radical (unpaired) electrons. The summed E-state index contributed by atoms with van der Waals surface area (Å²) >= 11 is 0. The molecule has 0 aromatic carbocycles. The van der Waals surface area contributed by atoms with Crippen molar-refractivity contribution in [3.63, 3.8) is 0 Å². The zero-order chi connectivity index (χ0) is 22.7. The molecular formula is C24H49NO6. The topological polar surface area (TPSA) is 114 Å². The second-order valence-electron chi connectivity index (χ2n) is 8.86. The third kappa shape index (κ3) is 13.1. The predicted molar refractivity (Wildman–Crippen MR) is 123 cm³/mol. The van der Waals surface area contributed by atoms with E-state index in [2.05, 4.69) is 6.92 Å². The van der Waals surface area contributed by atoms with Crippen molar-refractivity contribution in [1.29, 1.82) is 0 Å². The SMILES string of the molecule is CCCCCCCCCCCCCCCCOCCO[C@@H]1OC(CO)[C@@H](O)C(O)[C@@H]1N. The lowest BCUT2D eigenvalue weighted by Gasteiger charge is -2.40. The average molecular weight is 448 g/mol. The van der Waals surface area contributed by atoms with Crippen LogP contribution in [0.1, 0.15) is 96.8 Å². The zero-order valence-electron chi connectivity index (χ0n) is 19.8. The minimum absolute atomic E-state index is 0.290. The normalized spacial score (nSPS) is 26.4. The number of nitrogens with two attached hydrogens (primary N) is 1. The first kappa shape index (κ1) is 28.8. The Labute approximate surface area is 189 Å². The highest BCUT2D eigenvalue weighted by molar-refractivity contribution is 4.91. The van der Waals surface area contributed by atoms with E-state index in [0.717, 1.165) is 6.42 Å². The van der Waals surface area contributed by atoms with Gasteiger partial charge in [-0.1, -0.05) is 90.4 Å². The number of rotatable bonds is 20.